The van der Waals surface area contributed by atoms with Crippen LogP contribution in [0.4, 0.5) is 0 Å². The van der Waals surface area contributed by atoms with Crippen LogP contribution in [-0.4, -0.2) is 15.4 Å². The summed E-state index contributed by atoms with van der Waals surface area (Å²) >= 11 is 0. The summed E-state index contributed by atoms with van der Waals surface area (Å²) in [5.41, 5.74) is 3.45. The molecule has 0 N–H and O–H groups in total. The standard InChI is InChI=1S/C24H20N2O3/c27-23-16-20(25-22-12-6-7-15-26(22)23)17-29-24(28)21-11-5-4-10-19(21)14-13-18-8-2-1-3-9-18/h1-12,15-16H,13-14,17H2. The van der Waals surface area contributed by atoms with Crippen LogP contribution in [0.15, 0.2) is 89.9 Å². The second-order valence-corrected chi connectivity index (χ2v) is 6.73. The van der Waals surface area contributed by atoms with Crippen molar-refractivity contribution in [3.8, 4) is 0 Å². The summed E-state index contributed by atoms with van der Waals surface area (Å²) in [4.78, 5) is 29.2. The van der Waals surface area contributed by atoms with Gasteiger partial charge in [0.25, 0.3) is 5.56 Å². The third-order valence-electron chi connectivity index (χ3n) is 4.74. The van der Waals surface area contributed by atoms with Gasteiger partial charge in [0.05, 0.1) is 11.3 Å². The number of fused-ring (bicyclic) bond motifs is 1. The highest BCUT2D eigenvalue weighted by Crippen LogP contribution is 2.15. The number of pyridine rings is 1. The van der Waals surface area contributed by atoms with Gasteiger partial charge >= 0.3 is 5.97 Å². The quantitative estimate of drug-likeness (QED) is 0.474. The number of hydrogen-bond donors (Lipinski definition) is 0. The number of esters is 1. The van der Waals surface area contributed by atoms with Crippen molar-refractivity contribution in [3.63, 3.8) is 0 Å². The van der Waals surface area contributed by atoms with E-state index in [9.17, 15) is 9.59 Å². The molecule has 2 heterocycles. The van der Waals surface area contributed by atoms with E-state index in [4.69, 9.17) is 4.74 Å². The molecule has 0 fully saturated rings. The molecule has 5 heteroatoms. The molecule has 0 radical (unpaired) electrons. The van der Waals surface area contributed by atoms with Crippen LogP contribution in [0.5, 0.6) is 0 Å². The first-order valence-electron chi connectivity index (χ1n) is 9.47. The van der Waals surface area contributed by atoms with E-state index < -0.39 is 5.97 Å². The third kappa shape index (κ3) is 4.41. The van der Waals surface area contributed by atoms with Crippen molar-refractivity contribution in [2.75, 3.05) is 0 Å². The number of benzene rings is 2. The summed E-state index contributed by atoms with van der Waals surface area (Å²) in [6.07, 6.45) is 3.24. The monoisotopic (exact) mass is 384 g/mol. The second-order valence-electron chi connectivity index (χ2n) is 6.73. The van der Waals surface area contributed by atoms with Gasteiger partial charge in [0.15, 0.2) is 0 Å². The third-order valence-corrected chi connectivity index (χ3v) is 4.74. The molecule has 0 saturated carbocycles. The molecule has 0 aliphatic heterocycles. The van der Waals surface area contributed by atoms with E-state index in [1.807, 2.05) is 36.4 Å². The normalized spacial score (nSPS) is 10.8. The predicted molar refractivity (Wildman–Crippen MR) is 111 cm³/mol. The summed E-state index contributed by atoms with van der Waals surface area (Å²) in [5.74, 6) is -0.413. The Kier molecular flexibility index (Phi) is 5.47. The Morgan fingerprint density at radius 2 is 1.66 bits per heavy atom. The van der Waals surface area contributed by atoms with Crippen molar-refractivity contribution in [1.29, 1.82) is 0 Å². The summed E-state index contributed by atoms with van der Waals surface area (Å²) < 4.78 is 6.91. The number of aryl methyl sites for hydroxylation is 2. The van der Waals surface area contributed by atoms with Crippen molar-refractivity contribution in [2.24, 2.45) is 0 Å². The number of nitrogens with zero attached hydrogens (tertiary/aromatic N) is 2. The summed E-state index contributed by atoms with van der Waals surface area (Å²) in [6.45, 7) is -0.0491. The van der Waals surface area contributed by atoms with E-state index in [-0.39, 0.29) is 12.2 Å². The van der Waals surface area contributed by atoms with Gasteiger partial charge in [-0.15, -0.1) is 0 Å². The van der Waals surface area contributed by atoms with Crippen molar-refractivity contribution < 1.29 is 9.53 Å². The van der Waals surface area contributed by atoms with Crippen LogP contribution in [0.1, 0.15) is 27.2 Å². The molecular weight excluding hydrogens is 364 g/mol. The molecule has 144 valence electrons. The van der Waals surface area contributed by atoms with Crippen molar-refractivity contribution in [1.82, 2.24) is 9.38 Å². The first-order valence-corrected chi connectivity index (χ1v) is 9.47. The van der Waals surface area contributed by atoms with Gasteiger partial charge in [0.1, 0.15) is 12.3 Å². The first-order chi connectivity index (χ1) is 14.2. The molecule has 0 amide bonds. The molecule has 2 aromatic heterocycles. The molecule has 0 aliphatic carbocycles. The van der Waals surface area contributed by atoms with Crippen LogP contribution in [-0.2, 0) is 24.2 Å². The molecule has 0 bridgehead atoms. The highest BCUT2D eigenvalue weighted by atomic mass is 16.5. The lowest BCUT2D eigenvalue weighted by Crippen LogP contribution is -2.16. The summed E-state index contributed by atoms with van der Waals surface area (Å²) in [7, 11) is 0. The number of carbonyl (C=O) groups is 1. The predicted octanol–water partition coefficient (Wildman–Crippen LogP) is 3.84. The zero-order valence-electron chi connectivity index (χ0n) is 15.8. The molecular formula is C24H20N2O3. The highest BCUT2D eigenvalue weighted by molar-refractivity contribution is 5.91. The number of hydrogen-bond acceptors (Lipinski definition) is 4. The average molecular weight is 384 g/mol. The molecule has 2 aromatic carbocycles. The van der Waals surface area contributed by atoms with Crippen molar-refractivity contribution >= 4 is 11.6 Å². The fourth-order valence-corrected chi connectivity index (χ4v) is 3.26. The lowest BCUT2D eigenvalue weighted by molar-refractivity contribution is 0.0466. The van der Waals surface area contributed by atoms with E-state index in [1.165, 1.54) is 16.0 Å². The van der Waals surface area contributed by atoms with E-state index >= 15 is 0 Å². The Morgan fingerprint density at radius 3 is 2.52 bits per heavy atom. The van der Waals surface area contributed by atoms with E-state index in [0.717, 1.165) is 18.4 Å². The van der Waals surface area contributed by atoms with Crippen molar-refractivity contribution in [2.45, 2.75) is 19.4 Å². The van der Waals surface area contributed by atoms with Gasteiger partial charge in [0, 0.05) is 12.3 Å². The van der Waals surface area contributed by atoms with Gasteiger partial charge in [-0.3, -0.25) is 9.20 Å². The van der Waals surface area contributed by atoms with Crippen LogP contribution in [0, 0.1) is 0 Å². The fourth-order valence-electron chi connectivity index (χ4n) is 3.26. The molecule has 5 nitrogen and oxygen atoms in total. The first kappa shape index (κ1) is 18.6. The summed E-state index contributed by atoms with van der Waals surface area (Å²) in [6, 6.07) is 24.3. The van der Waals surface area contributed by atoms with E-state index in [1.54, 1.807) is 30.5 Å². The molecule has 29 heavy (non-hydrogen) atoms. The Bertz CT molecular complexity index is 1200. The average Bonchev–Trinajstić information content (AvgIpc) is 2.77. The fraction of sp³-hybridized carbons (Fsp3) is 0.125. The molecule has 0 atom stereocenters. The Hall–Kier alpha value is -3.73. The van der Waals surface area contributed by atoms with Gasteiger partial charge < -0.3 is 4.74 Å². The lowest BCUT2D eigenvalue weighted by atomic mass is 10.00. The zero-order chi connectivity index (χ0) is 20.1. The second kappa shape index (κ2) is 8.52. The smallest absolute Gasteiger partial charge is 0.338 e. The van der Waals surface area contributed by atoms with Crippen LogP contribution < -0.4 is 5.56 Å². The minimum atomic E-state index is -0.413. The van der Waals surface area contributed by atoms with Crippen LogP contribution >= 0.6 is 0 Å². The maximum Gasteiger partial charge on any atom is 0.338 e. The molecule has 0 unspecified atom stereocenters. The van der Waals surface area contributed by atoms with Gasteiger partial charge in [-0.2, -0.15) is 0 Å². The van der Waals surface area contributed by atoms with E-state index in [0.29, 0.717) is 16.9 Å². The number of aromatic nitrogens is 2. The molecule has 0 saturated heterocycles. The minimum Gasteiger partial charge on any atom is -0.456 e. The van der Waals surface area contributed by atoms with E-state index in [2.05, 4.69) is 17.1 Å². The molecule has 4 rings (SSSR count). The molecule has 4 aromatic rings. The Balaban J connectivity index is 1.47. The van der Waals surface area contributed by atoms with Gasteiger partial charge in [-0.1, -0.05) is 54.6 Å². The zero-order valence-corrected chi connectivity index (χ0v) is 15.8. The topological polar surface area (TPSA) is 60.7 Å². The maximum absolute atomic E-state index is 12.7. The van der Waals surface area contributed by atoms with Crippen LogP contribution in [0.2, 0.25) is 0 Å². The maximum atomic E-state index is 12.7. The Labute approximate surface area is 168 Å². The van der Waals surface area contributed by atoms with Gasteiger partial charge in [-0.25, -0.2) is 9.78 Å². The minimum absolute atomic E-state index is 0.0491. The van der Waals surface area contributed by atoms with Gasteiger partial charge in [0.2, 0.25) is 0 Å². The number of rotatable bonds is 6. The largest absolute Gasteiger partial charge is 0.456 e. The van der Waals surface area contributed by atoms with Crippen molar-refractivity contribution in [3.05, 3.63) is 118 Å². The van der Waals surface area contributed by atoms with Crippen LogP contribution in [0.3, 0.4) is 0 Å². The number of carbonyl (C=O) groups excluding carboxylic acids is 1. The molecule has 0 spiro atoms. The van der Waals surface area contributed by atoms with Crippen LogP contribution in [0.25, 0.3) is 5.65 Å². The number of ether oxygens (including phenoxy) is 1. The SMILES string of the molecule is O=C(OCc1cc(=O)n2ccccc2n1)c1ccccc1CCc1ccccc1. The van der Waals surface area contributed by atoms with Gasteiger partial charge in [-0.05, 0) is 42.2 Å². The lowest BCUT2D eigenvalue weighted by Gasteiger charge is -2.10. The highest BCUT2D eigenvalue weighted by Gasteiger charge is 2.13. The Morgan fingerprint density at radius 1 is 0.897 bits per heavy atom. The summed E-state index contributed by atoms with van der Waals surface area (Å²) in [5, 5.41) is 0. The molecule has 0 aliphatic rings.